The quantitative estimate of drug-likeness (QED) is 0.585. The summed E-state index contributed by atoms with van der Waals surface area (Å²) in [6.45, 7) is 1.06. The molecular weight excluding hydrogens is 266 g/mol. The number of amidine groups is 1. The van der Waals surface area contributed by atoms with Gasteiger partial charge >= 0.3 is 0 Å². The molecule has 3 heterocycles. The Hall–Kier alpha value is -2.15. The van der Waals surface area contributed by atoms with Crippen LogP contribution in [-0.4, -0.2) is 45.9 Å². The second-order valence-corrected chi connectivity index (χ2v) is 5.46. The first kappa shape index (κ1) is 13.8. The highest BCUT2D eigenvalue weighted by atomic mass is 15.3. The predicted molar refractivity (Wildman–Crippen MR) is 83.6 cm³/mol. The van der Waals surface area contributed by atoms with Crippen molar-refractivity contribution in [1.82, 2.24) is 19.4 Å². The van der Waals surface area contributed by atoms with Crippen LogP contribution in [0.25, 0.3) is 11.2 Å². The smallest absolute Gasteiger partial charge is 0.206 e. The minimum absolute atomic E-state index is 0.0460. The van der Waals surface area contributed by atoms with Gasteiger partial charge in [0.05, 0.1) is 6.17 Å². The number of hydrogen-bond donors (Lipinski definition) is 3. The number of nitrogens with zero attached hydrogens (tertiary/aromatic N) is 4. The SMILES string of the molecule is CNc1nc2nccc(C(=N)N)c2n1C1CCCCN1C. The average molecular weight is 287 g/mol. The van der Waals surface area contributed by atoms with Crippen molar-refractivity contribution < 1.29 is 0 Å². The Labute approximate surface area is 123 Å². The summed E-state index contributed by atoms with van der Waals surface area (Å²) in [4.78, 5) is 11.2. The number of hydrogen-bond acceptors (Lipinski definition) is 5. The molecule has 1 aliphatic heterocycles. The number of aromatic nitrogens is 3. The van der Waals surface area contributed by atoms with E-state index in [0.29, 0.717) is 11.2 Å². The third kappa shape index (κ3) is 2.23. The van der Waals surface area contributed by atoms with E-state index < -0.39 is 0 Å². The standard InChI is InChI=1S/C14H21N7/c1-17-14-19-13-11(9(12(15)16)6-7-18-13)21(14)10-5-3-4-8-20(10)2/h6-7,10H,3-5,8H2,1-2H3,(H3,15,16)(H,17,18,19). The molecule has 0 radical (unpaired) electrons. The molecule has 0 saturated carbocycles. The Morgan fingerprint density at radius 2 is 2.29 bits per heavy atom. The van der Waals surface area contributed by atoms with E-state index in [9.17, 15) is 0 Å². The van der Waals surface area contributed by atoms with Crippen LogP contribution in [0.4, 0.5) is 5.95 Å². The maximum atomic E-state index is 7.82. The molecule has 0 bridgehead atoms. The van der Waals surface area contributed by atoms with Gasteiger partial charge in [0.15, 0.2) is 5.65 Å². The van der Waals surface area contributed by atoms with Crippen LogP contribution in [-0.2, 0) is 0 Å². The number of imidazole rings is 1. The third-order valence-electron chi connectivity index (χ3n) is 4.13. The second kappa shape index (κ2) is 5.33. The molecule has 3 rings (SSSR count). The van der Waals surface area contributed by atoms with Gasteiger partial charge in [-0.2, -0.15) is 4.98 Å². The summed E-state index contributed by atoms with van der Waals surface area (Å²) in [5, 5.41) is 11.0. The zero-order chi connectivity index (χ0) is 15.0. The van der Waals surface area contributed by atoms with E-state index in [1.807, 2.05) is 7.05 Å². The van der Waals surface area contributed by atoms with Gasteiger partial charge < -0.3 is 11.1 Å². The van der Waals surface area contributed by atoms with Gasteiger partial charge in [-0.3, -0.25) is 14.9 Å². The number of likely N-dealkylation sites (tertiary alicyclic amines) is 1. The van der Waals surface area contributed by atoms with Crippen molar-refractivity contribution in [2.24, 2.45) is 5.73 Å². The Balaban J connectivity index is 2.25. The molecule has 1 atom stereocenters. The molecule has 1 aliphatic rings. The van der Waals surface area contributed by atoms with Crippen LogP contribution in [0, 0.1) is 5.41 Å². The first-order valence-electron chi connectivity index (χ1n) is 7.23. The summed E-state index contributed by atoms with van der Waals surface area (Å²) in [6, 6.07) is 1.78. The summed E-state index contributed by atoms with van der Waals surface area (Å²) in [7, 11) is 3.98. The molecule has 2 aromatic rings. The molecule has 0 amide bonds. The lowest BCUT2D eigenvalue weighted by molar-refractivity contribution is 0.132. The van der Waals surface area contributed by atoms with Crippen molar-refractivity contribution in [3.63, 3.8) is 0 Å². The van der Waals surface area contributed by atoms with Crippen molar-refractivity contribution in [2.45, 2.75) is 25.4 Å². The molecule has 7 heteroatoms. The number of fused-ring (bicyclic) bond motifs is 1. The average Bonchev–Trinajstić information content (AvgIpc) is 2.86. The van der Waals surface area contributed by atoms with Crippen molar-refractivity contribution in [3.05, 3.63) is 17.8 Å². The lowest BCUT2D eigenvalue weighted by atomic mass is 10.1. The highest BCUT2D eigenvalue weighted by Gasteiger charge is 2.26. The minimum Gasteiger partial charge on any atom is -0.384 e. The first-order valence-corrected chi connectivity index (χ1v) is 7.23. The van der Waals surface area contributed by atoms with Crippen molar-refractivity contribution in [1.29, 1.82) is 5.41 Å². The molecule has 1 saturated heterocycles. The maximum Gasteiger partial charge on any atom is 0.206 e. The summed E-state index contributed by atoms with van der Waals surface area (Å²) >= 11 is 0. The molecule has 112 valence electrons. The van der Waals surface area contributed by atoms with Gasteiger partial charge in [-0.1, -0.05) is 0 Å². The van der Waals surface area contributed by atoms with Crippen LogP contribution in [0.2, 0.25) is 0 Å². The lowest BCUT2D eigenvalue weighted by Gasteiger charge is -2.34. The van der Waals surface area contributed by atoms with Crippen molar-refractivity contribution in [3.8, 4) is 0 Å². The van der Waals surface area contributed by atoms with Crippen LogP contribution < -0.4 is 11.1 Å². The molecule has 1 unspecified atom stereocenters. The fraction of sp³-hybridized carbons (Fsp3) is 0.500. The monoisotopic (exact) mass is 287 g/mol. The number of anilines is 1. The third-order valence-corrected chi connectivity index (χ3v) is 4.13. The fourth-order valence-electron chi connectivity index (χ4n) is 3.09. The zero-order valence-electron chi connectivity index (χ0n) is 12.4. The molecule has 1 fully saturated rings. The maximum absolute atomic E-state index is 7.82. The Kier molecular flexibility index (Phi) is 3.50. The summed E-state index contributed by atoms with van der Waals surface area (Å²) < 4.78 is 2.14. The topological polar surface area (TPSA) is 95.9 Å². The highest BCUT2D eigenvalue weighted by molar-refractivity contribution is 6.05. The highest BCUT2D eigenvalue weighted by Crippen LogP contribution is 2.32. The van der Waals surface area contributed by atoms with Gasteiger partial charge in [0, 0.05) is 18.8 Å². The summed E-state index contributed by atoms with van der Waals surface area (Å²) in [5.41, 5.74) is 7.90. The molecule has 0 spiro atoms. The van der Waals surface area contributed by atoms with Crippen LogP contribution >= 0.6 is 0 Å². The van der Waals surface area contributed by atoms with Gasteiger partial charge in [0.2, 0.25) is 5.95 Å². The Bertz CT molecular complexity index is 675. The number of rotatable bonds is 3. The minimum atomic E-state index is 0.0460. The van der Waals surface area contributed by atoms with Gasteiger partial charge in [-0.25, -0.2) is 4.98 Å². The van der Waals surface area contributed by atoms with E-state index in [-0.39, 0.29) is 12.0 Å². The number of nitrogen functional groups attached to an aromatic ring is 1. The zero-order valence-corrected chi connectivity index (χ0v) is 12.4. The molecule has 4 N–H and O–H groups in total. The van der Waals surface area contributed by atoms with Crippen LogP contribution in [0.15, 0.2) is 12.3 Å². The van der Waals surface area contributed by atoms with E-state index in [0.717, 1.165) is 24.4 Å². The normalized spacial score (nSPS) is 19.8. The summed E-state index contributed by atoms with van der Waals surface area (Å²) in [5.74, 6) is 0.814. The van der Waals surface area contributed by atoms with Gasteiger partial charge in [0.1, 0.15) is 11.4 Å². The molecule has 0 aromatic carbocycles. The van der Waals surface area contributed by atoms with Gasteiger partial charge in [-0.15, -0.1) is 0 Å². The number of pyridine rings is 1. The van der Waals surface area contributed by atoms with Crippen LogP contribution in [0.3, 0.4) is 0 Å². The van der Waals surface area contributed by atoms with Gasteiger partial charge in [-0.05, 0) is 38.9 Å². The van der Waals surface area contributed by atoms with Crippen LogP contribution in [0.5, 0.6) is 0 Å². The Morgan fingerprint density at radius 1 is 1.48 bits per heavy atom. The first-order chi connectivity index (χ1) is 10.1. The van der Waals surface area contributed by atoms with Crippen LogP contribution in [0.1, 0.15) is 31.0 Å². The van der Waals surface area contributed by atoms with Gasteiger partial charge in [0.25, 0.3) is 0 Å². The predicted octanol–water partition coefficient (Wildman–Crippen LogP) is 1.37. The fourth-order valence-corrected chi connectivity index (χ4v) is 3.09. The van der Waals surface area contributed by atoms with Crippen molar-refractivity contribution >= 4 is 22.9 Å². The van der Waals surface area contributed by atoms with E-state index in [1.165, 1.54) is 12.8 Å². The molecule has 0 aliphatic carbocycles. The number of nitrogens with one attached hydrogen (secondary N) is 2. The van der Waals surface area contributed by atoms with Crippen molar-refractivity contribution in [2.75, 3.05) is 26.0 Å². The number of nitrogens with two attached hydrogens (primary N) is 1. The van der Waals surface area contributed by atoms with E-state index >= 15 is 0 Å². The number of piperidine rings is 1. The van der Waals surface area contributed by atoms with E-state index in [2.05, 4.69) is 31.8 Å². The lowest BCUT2D eigenvalue weighted by Crippen LogP contribution is -2.34. The molecule has 7 nitrogen and oxygen atoms in total. The van der Waals surface area contributed by atoms with E-state index in [1.54, 1.807) is 12.3 Å². The molecular formula is C14H21N7. The second-order valence-electron chi connectivity index (χ2n) is 5.46. The summed E-state index contributed by atoms with van der Waals surface area (Å²) in [6.07, 6.45) is 5.33. The van der Waals surface area contributed by atoms with E-state index in [4.69, 9.17) is 11.1 Å². The molecule has 2 aromatic heterocycles. The molecule has 21 heavy (non-hydrogen) atoms. The Morgan fingerprint density at radius 3 is 2.95 bits per heavy atom. The largest absolute Gasteiger partial charge is 0.384 e.